The third-order valence-electron chi connectivity index (χ3n) is 5.42. The molecule has 4 heteroatoms. The smallest absolute Gasteiger partial charge is 0.273 e. The molecule has 4 nitrogen and oxygen atoms in total. The lowest BCUT2D eigenvalue weighted by Gasteiger charge is -2.33. The first-order chi connectivity index (χ1) is 10.4. The van der Waals surface area contributed by atoms with E-state index in [0.717, 1.165) is 43.4 Å². The minimum Gasteiger partial charge on any atom is -0.360 e. The Morgan fingerprint density at radius 2 is 1.91 bits per heavy atom. The summed E-state index contributed by atoms with van der Waals surface area (Å²) in [7, 11) is 0. The van der Waals surface area contributed by atoms with Crippen LogP contribution >= 0.6 is 0 Å². The fourth-order valence-electron chi connectivity index (χ4n) is 3.82. The average Bonchev–Trinajstić information content (AvgIpc) is 2.90. The van der Waals surface area contributed by atoms with Gasteiger partial charge in [-0.05, 0) is 37.0 Å². The molecule has 1 amide bonds. The van der Waals surface area contributed by atoms with Crippen LogP contribution in [0.4, 0.5) is 0 Å². The van der Waals surface area contributed by atoms with Crippen molar-refractivity contribution in [1.29, 1.82) is 0 Å². The van der Waals surface area contributed by atoms with Gasteiger partial charge in [-0.25, -0.2) is 0 Å². The van der Waals surface area contributed by atoms with Crippen molar-refractivity contribution >= 4 is 5.91 Å². The summed E-state index contributed by atoms with van der Waals surface area (Å²) in [5.41, 5.74) is 1.85. The van der Waals surface area contributed by atoms with Crippen molar-refractivity contribution in [3.8, 4) is 0 Å². The topological polar surface area (TPSA) is 55.1 Å². The summed E-state index contributed by atoms with van der Waals surface area (Å²) in [5, 5.41) is 7.26. The molecule has 0 aliphatic heterocycles. The highest BCUT2D eigenvalue weighted by Gasteiger charge is 2.34. The highest BCUT2D eigenvalue weighted by molar-refractivity contribution is 5.94. The molecule has 0 radical (unpaired) electrons. The van der Waals surface area contributed by atoms with E-state index in [1.165, 1.54) is 19.3 Å². The zero-order valence-corrected chi connectivity index (χ0v) is 14.1. The number of nitrogens with one attached hydrogen (secondary N) is 1. The van der Waals surface area contributed by atoms with Crippen molar-refractivity contribution in [1.82, 2.24) is 10.5 Å². The number of hydrogen-bond donors (Lipinski definition) is 1. The Hall–Kier alpha value is -1.32. The van der Waals surface area contributed by atoms with Crippen molar-refractivity contribution < 1.29 is 9.32 Å². The van der Waals surface area contributed by atoms with Gasteiger partial charge in [-0.3, -0.25) is 4.79 Å². The first kappa shape index (κ1) is 15.6. The predicted molar refractivity (Wildman–Crippen MR) is 85.8 cm³/mol. The number of aryl methyl sites for hydroxylation is 1. The second-order valence-corrected chi connectivity index (χ2v) is 8.05. The largest absolute Gasteiger partial charge is 0.360 e. The van der Waals surface area contributed by atoms with Crippen LogP contribution in [0.15, 0.2) is 4.52 Å². The van der Waals surface area contributed by atoms with Gasteiger partial charge in [0.25, 0.3) is 5.91 Å². The molecular formula is C18H28N2O2. The van der Waals surface area contributed by atoms with Crippen LogP contribution in [0, 0.1) is 11.3 Å². The molecule has 2 aliphatic carbocycles. The average molecular weight is 304 g/mol. The highest BCUT2D eigenvalue weighted by Crippen LogP contribution is 2.38. The lowest BCUT2D eigenvalue weighted by molar-refractivity contribution is 0.0917. The molecule has 2 aliphatic rings. The fraction of sp³-hybridized carbons (Fsp3) is 0.778. The number of amides is 1. The van der Waals surface area contributed by atoms with Gasteiger partial charge >= 0.3 is 0 Å². The number of rotatable bonds is 2. The van der Waals surface area contributed by atoms with E-state index in [1.807, 2.05) is 0 Å². The molecule has 1 heterocycles. The third-order valence-corrected chi connectivity index (χ3v) is 5.42. The standard InChI is InChI=1S/C18H28N2O2/c1-18(2,3)12-9-10-15-14(11-12)16(20-22-15)17(21)19-13-7-5-4-6-8-13/h12-13H,4-11H2,1-3H3,(H,19,21). The van der Waals surface area contributed by atoms with Crippen molar-refractivity contribution in [2.24, 2.45) is 11.3 Å². The van der Waals surface area contributed by atoms with Gasteiger partial charge in [0.15, 0.2) is 5.69 Å². The molecule has 0 spiro atoms. The van der Waals surface area contributed by atoms with Gasteiger partial charge < -0.3 is 9.84 Å². The van der Waals surface area contributed by atoms with Gasteiger partial charge in [-0.2, -0.15) is 0 Å². The van der Waals surface area contributed by atoms with Gasteiger partial charge in [-0.15, -0.1) is 0 Å². The summed E-state index contributed by atoms with van der Waals surface area (Å²) in [6.07, 6.45) is 8.85. The van der Waals surface area contributed by atoms with Crippen LogP contribution in [-0.4, -0.2) is 17.1 Å². The van der Waals surface area contributed by atoms with E-state index >= 15 is 0 Å². The maximum Gasteiger partial charge on any atom is 0.273 e. The third kappa shape index (κ3) is 3.21. The Morgan fingerprint density at radius 3 is 2.59 bits per heavy atom. The quantitative estimate of drug-likeness (QED) is 0.902. The van der Waals surface area contributed by atoms with E-state index in [4.69, 9.17) is 4.52 Å². The van der Waals surface area contributed by atoms with Crippen LogP contribution in [0.5, 0.6) is 0 Å². The van der Waals surface area contributed by atoms with E-state index in [2.05, 4.69) is 31.2 Å². The second-order valence-electron chi connectivity index (χ2n) is 8.05. The summed E-state index contributed by atoms with van der Waals surface area (Å²) in [6, 6.07) is 0.315. The number of carbonyl (C=O) groups excluding carboxylic acids is 1. The molecule has 0 bridgehead atoms. The van der Waals surface area contributed by atoms with Gasteiger partial charge in [0.05, 0.1) is 0 Å². The number of hydrogen-bond acceptors (Lipinski definition) is 3. The second kappa shape index (κ2) is 6.05. The number of aromatic nitrogens is 1. The van der Waals surface area contributed by atoms with Gasteiger partial charge in [0, 0.05) is 18.0 Å². The summed E-state index contributed by atoms with van der Waals surface area (Å²) in [6.45, 7) is 6.83. The molecule has 1 fully saturated rings. The summed E-state index contributed by atoms with van der Waals surface area (Å²) in [4.78, 5) is 12.6. The van der Waals surface area contributed by atoms with Gasteiger partial charge in [0.2, 0.25) is 0 Å². The molecule has 1 aromatic rings. The van der Waals surface area contributed by atoms with Crippen LogP contribution in [-0.2, 0) is 12.8 Å². The van der Waals surface area contributed by atoms with Crippen LogP contribution in [0.1, 0.15) is 81.1 Å². The Kier molecular flexibility index (Phi) is 4.28. The van der Waals surface area contributed by atoms with Crippen LogP contribution < -0.4 is 5.32 Å². The number of nitrogens with zero attached hydrogens (tertiary/aromatic N) is 1. The van der Waals surface area contributed by atoms with Crippen molar-refractivity contribution in [3.63, 3.8) is 0 Å². The first-order valence-electron chi connectivity index (χ1n) is 8.73. The van der Waals surface area contributed by atoms with Gasteiger partial charge in [0.1, 0.15) is 5.76 Å². The molecule has 1 unspecified atom stereocenters. The number of carbonyl (C=O) groups is 1. The molecule has 1 saturated carbocycles. The van der Waals surface area contributed by atoms with Crippen molar-refractivity contribution in [3.05, 3.63) is 17.0 Å². The molecule has 1 N–H and O–H groups in total. The van der Waals surface area contributed by atoms with Crippen molar-refractivity contribution in [2.75, 3.05) is 0 Å². The number of fused-ring (bicyclic) bond motifs is 1. The van der Waals surface area contributed by atoms with E-state index in [-0.39, 0.29) is 11.3 Å². The van der Waals surface area contributed by atoms with E-state index in [0.29, 0.717) is 17.7 Å². The molecule has 1 atom stereocenters. The first-order valence-corrected chi connectivity index (χ1v) is 8.73. The van der Waals surface area contributed by atoms with E-state index in [1.54, 1.807) is 0 Å². The summed E-state index contributed by atoms with van der Waals surface area (Å²) in [5.74, 6) is 1.47. The lowest BCUT2D eigenvalue weighted by Crippen LogP contribution is -2.37. The van der Waals surface area contributed by atoms with E-state index in [9.17, 15) is 4.79 Å². The fourth-order valence-corrected chi connectivity index (χ4v) is 3.82. The Bertz CT molecular complexity index is 536. The van der Waals surface area contributed by atoms with Crippen LogP contribution in [0.25, 0.3) is 0 Å². The normalized spacial score (nSPS) is 23.1. The molecule has 0 saturated heterocycles. The predicted octanol–water partition coefficient (Wildman–Crippen LogP) is 3.89. The SMILES string of the molecule is CC(C)(C)C1CCc2onc(C(=O)NC3CCCCC3)c2C1. The molecule has 3 rings (SSSR count). The molecule has 22 heavy (non-hydrogen) atoms. The zero-order chi connectivity index (χ0) is 15.7. The maximum atomic E-state index is 12.6. The maximum absolute atomic E-state index is 12.6. The molecule has 0 aromatic carbocycles. The van der Waals surface area contributed by atoms with Crippen LogP contribution in [0.2, 0.25) is 0 Å². The Morgan fingerprint density at radius 1 is 1.18 bits per heavy atom. The summed E-state index contributed by atoms with van der Waals surface area (Å²) >= 11 is 0. The lowest BCUT2D eigenvalue weighted by atomic mass is 9.71. The Labute approximate surface area is 133 Å². The van der Waals surface area contributed by atoms with E-state index < -0.39 is 0 Å². The molecular weight excluding hydrogens is 276 g/mol. The zero-order valence-electron chi connectivity index (χ0n) is 14.1. The Balaban J connectivity index is 1.73. The molecule has 1 aromatic heterocycles. The highest BCUT2D eigenvalue weighted by atomic mass is 16.5. The summed E-state index contributed by atoms with van der Waals surface area (Å²) < 4.78 is 5.45. The van der Waals surface area contributed by atoms with Crippen LogP contribution in [0.3, 0.4) is 0 Å². The van der Waals surface area contributed by atoms with Crippen molar-refractivity contribution in [2.45, 2.75) is 78.2 Å². The molecule has 122 valence electrons. The minimum atomic E-state index is -0.0357. The monoisotopic (exact) mass is 304 g/mol. The minimum absolute atomic E-state index is 0.0357. The van der Waals surface area contributed by atoms with Gasteiger partial charge in [-0.1, -0.05) is 45.2 Å².